The van der Waals surface area contributed by atoms with Crippen molar-refractivity contribution in [3.05, 3.63) is 39.7 Å². The molecule has 0 aromatic heterocycles. The molecular weight excluding hydrogens is 281 g/mol. The van der Waals surface area contributed by atoms with Crippen LogP contribution in [-0.2, 0) is 16.0 Å². The number of nitro benzene ring substituents is 1. The van der Waals surface area contributed by atoms with Crippen molar-refractivity contribution in [2.45, 2.75) is 32.1 Å². The van der Waals surface area contributed by atoms with Crippen LogP contribution in [0, 0.1) is 21.3 Å². The van der Waals surface area contributed by atoms with Crippen LogP contribution in [0.25, 0.3) is 0 Å². The average Bonchev–Trinajstić information content (AvgIpc) is 2.41. The lowest BCUT2D eigenvalue weighted by Gasteiger charge is -2.31. The van der Waals surface area contributed by atoms with Crippen LogP contribution in [0.5, 0.6) is 0 Å². The predicted molar refractivity (Wildman–Crippen MR) is 70.3 cm³/mol. The van der Waals surface area contributed by atoms with E-state index in [-0.39, 0.29) is 30.5 Å². The Morgan fingerprint density at radius 2 is 2.14 bits per heavy atom. The molecule has 1 atom stereocenters. The molecule has 2 rings (SSSR count). The SMILES string of the molecule is O=C(O)C1(Cc2cc(F)ccc2[N+](=O)[O-])CCCCC1=O. The third kappa shape index (κ3) is 2.76. The minimum atomic E-state index is -1.68. The molecule has 0 radical (unpaired) electrons. The summed E-state index contributed by atoms with van der Waals surface area (Å²) >= 11 is 0. The number of halogens is 1. The van der Waals surface area contributed by atoms with Crippen LogP contribution in [0.1, 0.15) is 31.2 Å². The quantitative estimate of drug-likeness (QED) is 0.523. The highest BCUT2D eigenvalue weighted by Crippen LogP contribution is 2.39. The molecular formula is C14H14FNO5. The molecule has 1 N–H and O–H groups in total. The number of carbonyl (C=O) groups excluding carboxylic acids is 1. The summed E-state index contributed by atoms with van der Waals surface area (Å²) in [6.07, 6.45) is 1.07. The minimum Gasteiger partial charge on any atom is -0.480 e. The van der Waals surface area contributed by atoms with Crippen molar-refractivity contribution in [1.29, 1.82) is 0 Å². The summed E-state index contributed by atoms with van der Waals surface area (Å²) < 4.78 is 13.3. The average molecular weight is 295 g/mol. The van der Waals surface area contributed by atoms with Crippen LogP contribution in [0.15, 0.2) is 18.2 Å². The number of hydrogen-bond donors (Lipinski definition) is 1. The van der Waals surface area contributed by atoms with E-state index in [1.165, 1.54) is 0 Å². The molecule has 1 unspecified atom stereocenters. The van der Waals surface area contributed by atoms with Gasteiger partial charge in [0.1, 0.15) is 11.2 Å². The van der Waals surface area contributed by atoms with Gasteiger partial charge in [-0.2, -0.15) is 0 Å². The maximum Gasteiger partial charge on any atom is 0.317 e. The van der Waals surface area contributed by atoms with Crippen molar-refractivity contribution in [2.24, 2.45) is 5.41 Å². The fourth-order valence-corrected chi connectivity index (χ4v) is 2.78. The van der Waals surface area contributed by atoms with Gasteiger partial charge in [-0.1, -0.05) is 6.42 Å². The van der Waals surface area contributed by atoms with E-state index in [1.54, 1.807) is 0 Å². The van der Waals surface area contributed by atoms with Crippen LogP contribution in [0.2, 0.25) is 0 Å². The number of nitrogens with zero attached hydrogens (tertiary/aromatic N) is 1. The molecule has 6 nitrogen and oxygen atoms in total. The summed E-state index contributed by atoms with van der Waals surface area (Å²) in [6, 6.07) is 2.87. The molecule has 112 valence electrons. The zero-order valence-corrected chi connectivity index (χ0v) is 11.2. The smallest absolute Gasteiger partial charge is 0.317 e. The van der Waals surface area contributed by atoms with E-state index in [2.05, 4.69) is 0 Å². The van der Waals surface area contributed by atoms with Gasteiger partial charge in [0.25, 0.3) is 5.69 Å². The lowest BCUT2D eigenvalue weighted by Crippen LogP contribution is -2.43. The summed E-state index contributed by atoms with van der Waals surface area (Å²) in [4.78, 5) is 33.9. The molecule has 1 fully saturated rings. The highest BCUT2D eigenvalue weighted by atomic mass is 19.1. The Labute approximate surface area is 119 Å². The van der Waals surface area contributed by atoms with Gasteiger partial charge >= 0.3 is 5.97 Å². The topological polar surface area (TPSA) is 97.5 Å². The Morgan fingerprint density at radius 1 is 1.43 bits per heavy atom. The first-order chi connectivity index (χ1) is 9.86. The zero-order chi connectivity index (χ0) is 15.6. The molecule has 1 aliphatic rings. The number of hydrogen-bond acceptors (Lipinski definition) is 4. The Morgan fingerprint density at radius 3 is 2.71 bits per heavy atom. The standard InChI is InChI=1S/C14H14FNO5/c15-10-4-5-11(16(20)21)9(7-10)8-14(13(18)19)6-2-1-3-12(14)17/h4-5,7H,1-3,6,8H2,(H,18,19). The lowest BCUT2D eigenvalue weighted by atomic mass is 9.69. The molecule has 0 bridgehead atoms. The molecule has 7 heteroatoms. The van der Waals surface area contributed by atoms with E-state index >= 15 is 0 Å². The highest BCUT2D eigenvalue weighted by Gasteiger charge is 2.47. The van der Waals surface area contributed by atoms with Crippen molar-refractivity contribution < 1.29 is 24.0 Å². The summed E-state index contributed by atoms with van der Waals surface area (Å²) in [5.41, 5.74) is -2.11. The molecule has 1 saturated carbocycles. The first kappa shape index (κ1) is 15.1. The molecule has 1 aliphatic carbocycles. The summed E-state index contributed by atoms with van der Waals surface area (Å²) in [6.45, 7) is 0. The number of rotatable bonds is 4. The maximum absolute atomic E-state index is 13.3. The van der Waals surface area contributed by atoms with Gasteiger partial charge in [0.2, 0.25) is 0 Å². The number of carboxylic acid groups (broad SMARTS) is 1. The second-order valence-electron chi connectivity index (χ2n) is 5.22. The fraction of sp³-hybridized carbons (Fsp3) is 0.429. The first-order valence-electron chi connectivity index (χ1n) is 6.56. The molecule has 1 aromatic carbocycles. The number of Topliss-reactive ketones (excluding diaryl/α,β-unsaturated/α-hetero) is 1. The van der Waals surface area contributed by atoms with E-state index in [4.69, 9.17) is 0 Å². The third-order valence-electron chi connectivity index (χ3n) is 3.93. The van der Waals surface area contributed by atoms with Gasteiger partial charge in [0.05, 0.1) is 4.92 Å². The molecule has 0 aliphatic heterocycles. The summed E-state index contributed by atoms with van der Waals surface area (Å²) in [5, 5.41) is 20.4. The van der Waals surface area contributed by atoms with E-state index < -0.39 is 27.9 Å². The summed E-state index contributed by atoms with van der Waals surface area (Å²) in [5.74, 6) is -2.44. The molecule has 21 heavy (non-hydrogen) atoms. The largest absolute Gasteiger partial charge is 0.480 e. The van der Waals surface area contributed by atoms with Crippen molar-refractivity contribution in [2.75, 3.05) is 0 Å². The van der Waals surface area contributed by atoms with Crippen molar-refractivity contribution in [3.63, 3.8) is 0 Å². The van der Waals surface area contributed by atoms with Crippen molar-refractivity contribution in [3.8, 4) is 0 Å². The van der Waals surface area contributed by atoms with Gasteiger partial charge in [0.15, 0.2) is 5.78 Å². The van der Waals surface area contributed by atoms with Gasteiger partial charge in [-0.05, 0) is 25.0 Å². The number of benzene rings is 1. The number of ketones is 1. The van der Waals surface area contributed by atoms with Gasteiger partial charge in [-0.25, -0.2) is 4.39 Å². The predicted octanol–water partition coefficient (Wildman–Crippen LogP) is 2.49. The monoisotopic (exact) mass is 295 g/mol. The van der Waals surface area contributed by atoms with Gasteiger partial charge in [-0.15, -0.1) is 0 Å². The van der Waals surface area contributed by atoms with Gasteiger partial charge in [-0.3, -0.25) is 19.7 Å². The van der Waals surface area contributed by atoms with Crippen molar-refractivity contribution in [1.82, 2.24) is 0 Å². The Kier molecular flexibility index (Phi) is 4.02. The van der Waals surface area contributed by atoms with Gasteiger partial charge < -0.3 is 5.11 Å². The van der Waals surface area contributed by atoms with Crippen LogP contribution >= 0.6 is 0 Å². The number of carbonyl (C=O) groups is 2. The van der Waals surface area contributed by atoms with Gasteiger partial charge in [0, 0.05) is 24.5 Å². The second-order valence-corrected chi connectivity index (χ2v) is 5.22. The minimum absolute atomic E-state index is 0.0577. The third-order valence-corrected chi connectivity index (χ3v) is 3.93. The van der Waals surface area contributed by atoms with E-state index in [9.17, 15) is 29.2 Å². The Bertz CT molecular complexity index is 615. The molecule has 0 heterocycles. The molecule has 0 spiro atoms. The zero-order valence-electron chi connectivity index (χ0n) is 11.2. The van der Waals surface area contributed by atoms with E-state index in [0.717, 1.165) is 18.2 Å². The first-order valence-corrected chi connectivity index (χ1v) is 6.56. The number of nitro groups is 1. The van der Waals surface area contributed by atoms with Crippen molar-refractivity contribution >= 4 is 17.4 Å². The van der Waals surface area contributed by atoms with Crippen LogP contribution < -0.4 is 0 Å². The molecule has 0 saturated heterocycles. The Balaban J connectivity index is 2.47. The summed E-state index contributed by atoms with van der Waals surface area (Å²) in [7, 11) is 0. The van der Waals surface area contributed by atoms with E-state index in [1.807, 2.05) is 0 Å². The molecule has 0 amide bonds. The number of aliphatic carboxylic acids is 1. The lowest BCUT2D eigenvalue weighted by molar-refractivity contribution is -0.385. The maximum atomic E-state index is 13.3. The fourth-order valence-electron chi connectivity index (χ4n) is 2.78. The second kappa shape index (κ2) is 5.59. The highest BCUT2D eigenvalue weighted by molar-refractivity contribution is 6.03. The van der Waals surface area contributed by atoms with Crippen LogP contribution in [0.3, 0.4) is 0 Å². The van der Waals surface area contributed by atoms with E-state index in [0.29, 0.717) is 12.8 Å². The normalized spacial score (nSPS) is 22.0. The van der Waals surface area contributed by atoms with Crippen LogP contribution in [0.4, 0.5) is 10.1 Å². The Hall–Kier alpha value is -2.31. The number of carboxylic acids is 1. The molecule has 1 aromatic rings. The van der Waals surface area contributed by atoms with Crippen LogP contribution in [-0.4, -0.2) is 21.8 Å².